The average molecular weight is 348 g/mol. The summed E-state index contributed by atoms with van der Waals surface area (Å²) in [6.45, 7) is 4.94. The molecule has 24 heavy (non-hydrogen) atoms. The summed E-state index contributed by atoms with van der Waals surface area (Å²) in [5, 5.41) is 16.6. The van der Waals surface area contributed by atoms with E-state index < -0.39 is 0 Å². The number of nitrogens with one attached hydrogen (secondary N) is 2. The summed E-state index contributed by atoms with van der Waals surface area (Å²) in [6, 6.07) is 18.9. The zero-order valence-corrected chi connectivity index (χ0v) is 14.6. The standard InChI is InChI=1S/C19H25N3O.ClH/c23-15-19(22-12-10-20-11-13-22)17-6-8-18(9-7-17)21-14-16-4-2-1-3-5-16;/h1-9,19-21,23H,10-15H2;1H/t19-;/m0./s1. The smallest absolute Gasteiger partial charge is 0.0628 e. The quantitative estimate of drug-likeness (QED) is 0.752. The molecule has 0 radical (unpaired) electrons. The minimum atomic E-state index is 0. The number of hydrogen-bond acceptors (Lipinski definition) is 4. The van der Waals surface area contributed by atoms with Gasteiger partial charge in [0.05, 0.1) is 12.6 Å². The van der Waals surface area contributed by atoms with E-state index in [0.717, 1.165) is 38.4 Å². The number of piperazine rings is 1. The predicted molar refractivity (Wildman–Crippen MR) is 102 cm³/mol. The Bertz CT molecular complexity index is 585. The van der Waals surface area contributed by atoms with Crippen LogP contribution >= 0.6 is 12.4 Å². The zero-order chi connectivity index (χ0) is 15.9. The lowest BCUT2D eigenvalue weighted by molar-refractivity contribution is 0.111. The van der Waals surface area contributed by atoms with Gasteiger partial charge in [-0.2, -0.15) is 0 Å². The molecule has 4 nitrogen and oxygen atoms in total. The highest BCUT2D eigenvalue weighted by Gasteiger charge is 2.21. The Morgan fingerprint density at radius 3 is 2.29 bits per heavy atom. The van der Waals surface area contributed by atoms with Crippen molar-refractivity contribution in [2.45, 2.75) is 12.6 Å². The Kier molecular flexibility index (Phi) is 7.53. The van der Waals surface area contributed by atoms with Gasteiger partial charge in [0.2, 0.25) is 0 Å². The first-order valence-electron chi connectivity index (χ1n) is 8.30. The van der Waals surface area contributed by atoms with Crippen molar-refractivity contribution < 1.29 is 5.11 Å². The Hall–Kier alpha value is -1.59. The molecule has 0 unspecified atom stereocenters. The number of halogens is 1. The molecule has 0 aliphatic carbocycles. The van der Waals surface area contributed by atoms with Gasteiger partial charge in [0, 0.05) is 38.4 Å². The van der Waals surface area contributed by atoms with Crippen molar-refractivity contribution >= 4 is 18.1 Å². The second-order valence-corrected chi connectivity index (χ2v) is 5.95. The first-order chi connectivity index (χ1) is 11.4. The maximum Gasteiger partial charge on any atom is 0.0628 e. The minimum Gasteiger partial charge on any atom is -0.394 e. The number of rotatable bonds is 6. The third-order valence-corrected chi connectivity index (χ3v) is 4.40. The second-order valence-electron chi connectivity index (χ2n) is 5.95. The lowest BCUT2D eigenvalue weighted by Crippen LogP contribution is -2.46. The lowest BCUT2D eigenvalue weighted by Gasteiger charge is -2.34. The predicted octanol–water partition coefficient (Wildman–Crippen LogP) is 2.66. The number of nitrogens with zero attached hydrogens (tertiary/aromatic N) is 1. The largest absolute Gasteiger partial charge is 0.394 e. The number of aliphatic hydroxyl groups is 1. The van der Waals surface area contributed by atoms with E-state index in [9.17, 15) is 5.11 Å². The van der Waals surface area contributed by atoms with E-state index in [2.05, 4.69) is 64.1 Å². The van der Waals surface area contributed by atoms with Gasteiger partial charge >= 0.3 is 0 Å². The van der Waals surface area contributed by atoms with Gasteiger partial charge in [-0.05, 0) is 23.3 Å². The Morgan fingerprint density at radius 2 is 1.67 bits per heavy atom. The van der Waals surface area contributed by atoms with Crippen molar-refractivity contribution in [3.8, 4) is 0 Å². The molecule has 130 valence electrons. The first-order valence-corrected chi connectivity index (χ1v) is 8.30. The molecule has 3 rings (SSSR count). The molecule has 0 saturated carbocycles. The van der Waals surface area contributed by atoms with Crippen LogP contribution in [0.15, 0.2) is 54.6 Å². The molecule has 1 aliphatic rings. The molecule has 1 heterocycles. The van der Waals surface area contributed by atoms with Gasteiger partial charge in [-0.1, -0.05) is 42.5 Å². The van der Waals surface area contributed by atoms with Crippen LogP contribution in [-0.4, -0.2) is 42.8 Å². The highest BCUT2D eigenvalue weighted by molar-refractivity contribution is 5.85. The second kappa shape index (κ2) is 9.64. The Balaban J connectivity index is 0.00000208. The molecule has 0 bridgehead atoms. The van der Waals surface area contributed by atoms with E-state index in [1.165, 1.54) is 11.1 Å². The van der Waals surface area contributed by atoms with E-state index in [-0.39, 0.29) is 25.1 Å². The van der Waals surface area contributed by atoms with Crippen molar-refractivity contribution in [3.63, 3.8) is 0 Å². The summed E-state index contributed by atoms with van der Waals surface area (Å²) in [6.07, 6.45) is 0. The maximum absolute atomic E-state index is 9.78. The van der Waals surface area contributed by atoms with Crippen LogP contribution < -0.4 is 10.6 Å². The van der Waals surface area contributed by atoms with Crippen molar-refractivity contribution in [1.29, 1.82) is 0 Å². The monoisotopic (exact) mass is 347 g/mol. The summed E-state index contributed by atoms with van der Waals surface area (Å²) in [5.74, 6) is 0. The Labute approximate surface area is 150 Å². The molecule has 0 spiro atoms. The summed E-state index contributed by atoms with van der Waals surface area (Å²) in [4.78, 5) is 2.35. The number of hydrogen-bond donors (Lipinski definition) is 3. The van der Waals surface area contributed by atoms with E-state index in [4.69, 9.17) is 0 Å². The van der Waals surface area contributed by atoms with Gasteiger partial charge in [0.25, 0.3) is 0 Å². The van der Waals surface area contributed by atoms with E-state index >= 15 is 0 Å². The van der Waals surface area contributed by atoms with Gasteiger partial charge in [0.15, 0.2) is 0 Å². The zero-order valence-electron chi connectivity index (χ0n) is 13.8. The normalized spacial score (nSPS) is 16.2. The van der Waals surface area contributed by atoms with E-state index in [0.29, 0.717) is 0 Å². The molecule has 1 saturated heterocycles. The van der Waals surface area contributed by atoms with Crippen molar-refractivity contribution in [3.05, 3.63) is 65.7 Å². The molecule has 3 N–H and O–H groups in total. The molecular weight excluding hydrogens is 322 g/mol. The molecule has 1 aliphatic heterocycles. The van der Waals surface area contributed by atoms with E-state index in [1.807, 2.05) is 6.07 Å². The maximum atomic E-state index is 9.78. The fraction of sp³-hybridized carbons (Fsp3) is 0.368. The van der Waals surface area contributed by atoms with Gasteiger partial charge in [0.1, 0.15) is 0 Å². The average Bonchev–Trinajstić information content (AvgIpc) is 2.63. The number of anilines is 1. The third kappa shape index (κ3) is 4.95. The minimum absolute atomic E-state index is 0. The number of benzene rings is 2. The van der Waals surface area contributed by atoms with Crippen LogP contribution in [0, 0.1) is 0 Å². The molecule has 1 fully saturated rings. The summed E-state index contributed by atoms with van der Waals surface area (Å²) in [5.41, 5.74) is 3.56. The molecule has 0 amide bonds. The highest BCUT2D eigenvalue weighted by atomic mass is 35.5. The Morgan fingerprint density at radius 1 is 1.00 bits per heavy atom. The van der Waals surface area contributed by atoms with E-state index in [1.54, 1.807) is 0 Å². The first kappa shape index (κ1) is 18.7. The SMILES string of the molecule is Cl.OC[C@@H](c1ccc(NCc2ccccc2)cc1)N1CCNCC1. The summed E-state index contributed by atoms with van der Waals surface area (Å²) < 4.78 is 0. The van der Waals surface area contributed by atoms with Crippen LogP contribution in [0.25, 0.3) is 0 Å². The third-order valence-electron chi connectivity index (χ3n) is 4.40. The molecule has 0 aromatic heterocycles. The fourth-order valence-corrected chi connectivity index (χ4v) is 3.05. The van der Waals surface area contributed by atoms with Crippen LogP contribution in [-0.2, 0) is 6.54 Å². The fourth-order valence-electron chi connectivity index (χ4n) is 3.05. The summed E-state index contributed by atoms with van der Waals surface area (Å²) in [7, 11) is 0. The van der Waals surface area contributed by atoms with Crippen molar-refractivity contribution in [2.24, 2.45) is 0 Å². The van der Waals surface area contributed by atoms with Crippen LogP contribution in [0.4, 0.5) is 5.69 Å². The summed E-state index contributed by atoms with van der Waals surface area (Å²) >= 11 is 0. The van der Waals surface area contributed by atoms with Crippen LogP contribution in [0.5, 0.6) is 0 Å². The number of aliphatic hydroxyl groups excluding tert-OH is 1. The molecule has 1 atom stereocenters. The van der Waals surface area contributed by atoms with Gasteiger partial charge in [-0.15, -0.1) is 12.4 Å². The molecule has 2 aromatic rings. The topological polar surface area (TPSA) is 47.5 Å². The molecule has 2 aromatic carbocycles. The van der Waals surface area contributed by atoms with Gasteiger partial charge < -0.3 is 15.7 Å². The van der Waals surface area contributed by atoms with Crippen LogP contribution in [0.2, 0.25) is 0 Å². The van der Waals surface area contributed by atoms with Crippen molar-refractivity contribution in [2.75, 3.05) is 38.1 Å². The highest BCUT2D eigenvalue weighted by Crippen LogP contribution is 2.22. The molecule has 5 heteroatoms. The van der Waals surface area contributed by atoms with Gasteiger partial charge in [-0.3, -0.25) is 4.90 Å². The lowest BCUT2D eigenvalue weighted by atomic mass is 10.0. The van der Waals surface area contributed by atoms with Crippen molar-refractivity contribution in [1.82, 2.24) is 10.2 Å². The van der Waals surface area contributed by atoms with Crippen LogP contribution in [0.1, 0.15) is 17.2 Å². The van der Waals surface area contributed by atoms with Gasteiger partial charge in [-0.25, -0.2) is 0 Å². The van der Waals surface area contributed by atoms with Crippen LogP contribution in [0.3, 0.4) is 0 Å². The molecular formula is C19H26ClN3O.